The highest BCUT2D eigenvalue weighted by atomic mass is 32.2. The summed E-state index contributed by atoms with van der Waals surface area (Å²) in [6.07, 6.45) is 5.59. The summed E-state index contributed by atoms with van der Waals surface area (Å²) < 4.78 is 88.0. The fraction of sp³-hybridized carbons (Fsp3) is 0.500. The Balaban J connectivity index is 0.897. The molecule has 0 bridgehead atoms. The van der Waals surface area contributed by atoms with Crippen LogP contribution in [0.15, 0.2) is 77.8 Å². The fourth-order valence-corrected chi connectivity index (χ4v) is 12.8. The number of amides is 1. The number of pyridine rings is 1. The molecule has 0 radical (unpaired) electrons. The molecule has 384 valence electrons. The van der Waals surface area contributed by atoms with Crippen molar-refractivity contribution in [3.63, 3.8) is 0 Å². The third-order valence-electron chi connectivity index (χ3n) is 15.7. The van der Waals surface area contributed by atoms with Crippen LogP contribution in [0.25, 0.3) is 11.0 Å². The Hall–Kier alpha value is -6.12. The lowest BCUT2D eigenvalue weighted by atomic mass is 9.59. The van der Waals surface area contributed by atoms with E-state index in [0.717, 1.165) is 50.8 Å². The summed E-state index contributed by atoms with van der Waals surface area (Å²) in [7, 11) is -4.84. The number of likely N-dealkylation sites (tertiary alicyclic amines) is 1. The van der Waals surface area contributed by atoms with E-state index in [0.29, 0.717) is 67.8 Å². The van der Waals surface area contributed by atoms with E-state index in [1.807, 2.05) is 4.72 Å². The zero-order valence-electron chi connectivity index (χ0n) is 40.5. The van der Waals surface area contributed by atoms with Crippen molar-refractivity contribution in [1.82, 2.24) is 19.6 Å². The van der Waals surface area contributed by atoms with Crippen LogP contribution in [0, 0.1) is 21.4 Å². The zero-order chi connectivity index (χ0) is 50.7. The zero-order valence-corrected chi connectivity index (χ0v) is 41.3. The van der Waals surface area contributed by atoms with Crippen LogP contribution in [-0.4, -0.2) is 95.9 Å². The second kappa shape index (κ2) is 19.1. The molecule has 2 atom stereocenters. The number of H-pyrrole nitrogens is 1. The number of nitro benzene ring substituents is 1. The molecule has 4 fully saturated rings. The quantitative estimate of drug-likeness (QED) is 0.0642. The summed E-state index contributed by atoms with van der Waals surface area (Å²) in [4.78, 5) is 37.3. The Bertz CT molecular complexity index is 2980. The van der Waals surface area contributed by atoms with E-state index in [9.17, 15) is 41.6 Å². The van der Waals surface area contributed by atoms with Gasteiger partial charge in [-0.05, 0) is 130 Å². The number of carbonyl (C=O) groups is 1. The molecule has 16 nitrogen and oxygen atoms in total. The van der Waals surface area contributed by atoms with Gasteiger partial charge >= 0.3 is 6.18 Å². The normalized spacial score (nSPS) is 23.6. The largest absolute Gasteiger partial charge is 0.489 e. The minimum absolute atomic E-state index is 0.00549. The Kier molecular flexibility index (Phi) is 13.1. The first-order chi connectivity index (χ1) is 34.2. The van der Waals surface area contributed by atoms with Gasteiger partial charge in [0.2, 0.25) is 0 Å². The van der Waals surface area contributed by atoms with Gasteiger partial charge in [-0.2, -0.15) is 18.2 Å². The minimum atomic E-state index is -4.84. The molecule has 0 unspecified atom stereocenters. The molecule has 2 aliphatic carbocycles. The van der Waals surface area contributed by atoms with Crippen molar-refractivity contribution in [3.05, 3.63) is 99.7 Å². The number of alkyl halides is 3. The maximum absolute atomic E-state index is 14.3. The number of nitrogens with one attached hydrogen (secondary N) is 3. The van der Waals surface area contributed by atoms with Gasteiger partial charge in [-0.1, -0.05) is 38.1 Å². The molecule has 20 heteroatoms. The summed E-state index contributed by atoms with van der Waals surface area (Å²) >= 11 is 0. The van der Waals surface area contributed by atoms with Gasteiger partial charge in [-0.25, -0.2) is 13.1 Å². The smallest absolute Gasteiger partial charge is 0.422 e. The number of fused-ring (bicyclic) bond motifs is 2. The predicted octanol–water partition coefficient (Wildman–Crippen LogP) is 10.1. The second-order valence-electron chi connectivity index (χ2n) is 21.0. The van der Waals surface area contributed by atoms with Crippen molar-refractivity contribution in [2.75, 3.05) is 43.1 Å². The van der Waals surface area contributed by atoms with Gasteiger partial charge < -0.3 is 34.5 Å². The number of benzene rings is 3. The van der Waals surface area contributed by atoms with Crippen LogP contribution in [0.2, 0.25) is 0 Å². The molecule has 5 aromatic rings. The minimum Gasteiger partial charge on any atom is -0.489 e. The van der Waals surface area contributed by atoms with Gasteiger partial charge in [0.1, 0.15) is 18.0 Å². The number of nitrogens with zero attached hydrogens (tertiary/aromatic N) is 4. The molecule has 3 aliphatic heterocycles. The number of halogens is 3. The van der Waals surface area contributed by atoms with Gasteiger partial charge in [-0.15, -0.1) is 0 Å². The van der Waals surface area contributed by atoms with E-state index in [4.69, 9.17) is 14.2 Å². The molecule has 72 heavy (non-hydrogen) atoms. The van der Waals surface area contributed by atoms with Crippen molar-refractivity contribution in [2.45, 2.75) is 126 Å². The van der Waals surface area contributed by atoms with Crippen molar-refractivity contribution < 1.29 is 50.6 Å². The van der Waals surface area contributed by atoms with Gasteiger partial charge in [-0.3, -0.25) is 19.8 Å². The molecular formula is C52H60F3N7O9S. The number of sulfonamides is 1. The predicted molar refractivity (Wildman–Crippen MR) is 264 cm³/mol. The van der Waals surface area contributed by atoms with Crippen LogP contribution in [0.4, 0.5) is 30.2 Å². The van der Waals surface area contributed by atoms with Crippen LogP contribution in [0.3, 0.4) is 0 Å². The van der Waals surface area contributed by atoms with Crippen molar-refractivity contribution in [2.24, 2.45) is 11.3 Å². The summed E-state index contributed by atoms with van der Waals surface area (Å²) in [6.45, 7) is 7.11. The molecule has 2 saturated carbocycles. The monoisotopic (exact) mass is 1020 g/mol. The molecule has 10 rings (SSSR count). The van der Waals surface area contributed by atoms with Gasteiger partial charge in [0, 0.05) is 60.6 Å². The first kappa shape index (κ1) is 49.5. The fourth-order valence-electron chi connectivity index (χ4n) is 11.8. The number of anilines is 2. The second-order valence-corrected chi connectivity index (χ2v) is 22.7. The maximum atomic E-state index is 14.3. The van der Waals surface area contributed by atoms with Crippen molar-refractivity contribution in [3.8, 4) is 23.1 Å². The Labute approximate surface area is 415 Å². The number of aromatic nitrogens is 2. The van der Waals surface area contributed by atoms with Gasteiger partial charge in [0.15, 0.2) is 23.8 Å². The summed E-state index contributed by atoms with van der Waals surface area (Å²) in [5, 5.41) is 26.6. The molecule has 5 aliphatic rings. The first-order valence-corrected chi connectivity index (χ1v) is 26.3. The molecule has 3 aromatic carbocycles. The molecule has 2 saturated heterocycles. The van der Waals surface area contributed by atoms with E-state index >= 15 is 0 Å². The molecular weight excluding hydrogens is 956 g/mol. The van der Waals surface area contributed by atoms with Crippen molar-refractivity contribution >= 4 is 44.0 Å². The highest BCUT2D eigenvalue weighted by Crippen LogP contribution is 2.54. The van der Waals surface area contributed by atoms with Crippen LogP contribution in [0.1, 0.15) is 118 Å². The Morgan fingerprint density at radius 1 is 1.01 bits per heavy atom. The van der Waals surface area contributed by atoms with Gasteiger partial charge in [0.25, 0.3) is 27.5 Å². The molecule has 1 spiro atoms. The molecule has 4 N–H and O–H groups in total. The van der Waals surface area contributed by atoms with Crippen molar-refractivity contribution in [1.29, 1.82) is 0 Å². The van der Waals surface area contributed by atoms with E-state index < -0.39 is 55.7 Å². The lowest BCUT2D eigenvalue weighted by molar-refractivity contribution is -0.384. The first-order valence-electron chi connectivity index (χ1n) is 24.8. The standard InChI is InChI=1S/C52H60F3N7O9S/c1-31(2)37-7-4-5-8-38(37)41-9-6-20-61(41)35-27-51(28-35)17-21-60(22-18-51)34-10-11-39(43(24-34)71-45-23-33-14-19-56-47(33)58-49(45)70-30-52(53,54)55)48(63)59-72(67,68)36-25-42(62(65)66)46-44(26-36)69-29-40(57-46)32-12-15-50(3,64)16-13-32/h4-5,7-8,10-11,14,19,23-26,31-32,35,40-41,57,64H,6,9,12-13,15-18,20-22,27-30H2,1-3H3,(H,56,58)(H,59,63)/t32?,40-,41-,50?/m1/s1. The van der Waals surface area contributed by atoms with Crippen LogP contribution >= 0.6 is 0 Å². The van der Waals surface area contributed by atoms with E-state index in [2.05, 4.69) is 63.2 Å². The SMILES string of the molecule is CC(C)c1ccccc1[C@H]1CCCN1C1CC2(CCN(c3ccc(C(=O)NS(=O)(=O)c4cc5c(c([N+](=O)[O-])c4)N[C@@H](C4CCC(C)(O)CC4)CO5)c(Oc4cc5cc[nH]c5nc4OCC(F)(F)F)c3)CC2)C1. The van der Waals surface area contributed by atoms with Crippen LogP contribution in [-0.2, 0) is 10.0 Å². The maximum Gasteiger partial charge on any atom is 0.422 e. The van der Waals surface area contributed by atoms with E-state index in [-0.39, 0.29) is 58.1 Å². The number of hydrogen-bond acceptors (Lipinski definition) is 13. The number of rotatable bonds is 13. The number of carbonyl (C=O) groups excluding carboxylic acids is 1. The summed E-state index contributed by atoms with van der Waals surface area (Å²) in [5.41, 5.74) is 2.22. The third-order valence-corrected chi connectivity index (χ3v) is 17.1. The lowest BCUT2D eigenvalue weighted by Gasteiger charge is -2.56. The number of nitro groups is 1. The number of hydrogen-bond donors (Lipinski definition) is 4. The topological polar surface area (TPSA) is 201 Å². The number of aliphatic hydroxyl groups is 1. The highest BCUT2D eigenvalue weighted by Gasteiger charge is 2.50. The molecule has 5 heterocycles. The molecule has 2 aromatic heterocycles. The van der Waals surface area contributed by atoms with Crippen LogP contribution in [0.5, 0.6) is 23.1 Å². The average Bonchev–Trinajstić information content (AvgIpc) is 4.01. The Morgan fingerprint density at radius 2 is 1.76 bits per heavy atom. The average molecular weight is 1020 g/mol. The third kappa shape index (κ3) is 10.1. The number of aromatic amines is 1. The number of ether oxygens (including phenoxy) is 3. The molecule has 1 amide bonds. The van der Waals surface area contributed by atoms with Gasteiger partial charge in [0.05, 0.1) is 27.0 Å². The Morgan fingerprint density at radius 3 is 2.49 bits per heavy atom. The summed E-state index contributed by atoms with van der Waals surface area (Å²) in [5.74, 6) is -1.75. The highest BCUT2D eigenvalue weighted by molar-refractivity contribution is 7.90. The van der Waals surface area contributed by atoms with E-state index in [1.165, 1.54) is 35.9 Å². The van der Waals surface area contributed by atoms with E-state index in [1.54, 1.807) is 25.1 Å². The summed E-state index contributed by atoms with van der Waals surface area (Å²) in [6, 6.07) is 19.0. The lowest BCUT2D eigenvalue weighted by Crippen LogP contribution is -2.54. The van der Waals surface area contributed by atoms with Crippen LogP contribution < -0.4 is 29.1 Å². The number of piperidine rings is 1.